The van der Waals surface area contributed by atoms with Gasteiger partial charge in [-0.15, -0.1) is 0 Å². The van der Waals surface area contributed by atoms with Gasteiger partial charge in [-0.1, -0.05) is 25.1 Å². The molecule has 1 saturated carbocycles. The van der Waals surface area contributed by atoms with Crippen molar-refractivity contribution in [2.45, 2.75) is 26.2 Å². The maximum atomic E-state index is 13.1. The van der Waals surface area contributed by atoms with Gasteiger partial charge < -0.3 is 19.5 Å². The number of carbonyl (C=O) groups is 3. The topological polar surface area (TPSA) is 82.9 Å². The average molecular weight is 395 g/mol. The summed E-state index contributed by atoms with van der Waals surface area (Å²) in [5, 5.41) is 2.97. The first-order chi connectivity index (χ1) is 14.0. The van der Waals surface area contributed by atoms with Gasteiger partial charge in [-0.25, -0.2) is 0 Å². The highest BCUT2D eigenvalue weighted by atomic mass is 16.3. The van der Waals surface area contributed by atoms with Crippen molar-refractivity contribution in [1.29, 1.82) is 0 Å². The molecule has 0 spiro atoms. The van der Waals surface area contributed by atoms with E-state index in [1.54, 1.807) is 21.9 Å². The van der Waals surface area contributed by atoms with E-state index in [2.05, 4.69) is 5.32 Å². The molecule has 7 heteroatoms. The molecular formula is C22H25N3O4. The molecule has 4 rings (SSSR count). The number of carbonyl (C=O) groups excluding carboxylic acids is 3. The largest absolute Gasteiger partial charge is 0.459 e. The van der Waals surface area contributed by atoms with E-state index in [1.807, 2.05) is 31.2 Å². The minimum absolute atomic E-state index is 0.130. The standard InChI is InChI=1S/C22H25N3O4/c1-2-16-6-3-4-7-17(16)23-20(27)22(9-10-22)21(28)25-13-11-24(12-14-25)19(26)18-8-5-15-29-18/h3-8,15H,2,9-14H2,1H3,(H,23,27). The zero-order valence-corrected chi connectivity index (χ0v) is 16.5. The summed E-state index contributed by atoms with van der Waals surface area (Å²) in [5.74, 6) is -0.221. The van der Waals surface area contributed by atoms with Crippen molar-refractivity contribution < 1.29 is 18.8 Å². The summed E-state index contributed by atoms with van der Waals surface area (Å²) >= 11 is 0. The Morgan fingerprint density at radius 2 is 1.69 bits per heavy atom. The molecule has 1 saturated heterocycles. The average Bonchev–Trinajstić information content (AvgIpc) is 3.39. The second-order valence-corrected chi connectivity index (χ2v) is 7.61. The first-order valence-corrected chi connectivity index (χ1v) is 10.1. The van der Waals surface area contributed by atoms with E-state index < -0.39 is 5.41 Å². The Morgan fingerprint density at radius 1 is 1.00 bits per heavy atom. The van der Waals surface area contributed by atoms with Crippen molar-refractivity contribution in [3.05, 3.63) is 54.0 Å². The van der Waals surface area contributed by atoms with Crippen LogP contribution in [0.15, 0.2) is 47.1 Å². The number of rotatable bonds is 5. The highest BCUT2D eigenvalue weighted by Crippen LogP contribution is 2.48. The molecule has 1 aliphatic heterocycles. The smallest absolute Gasteiger partial charge is 0.289 e. The second kappa shape index (κ2) is 7.73. The van der Waals surface area contributed by atoms with Crippen LogP contribution in [-0.4, -0.2) is 53.7 Å². The van der Waals surface area contributed by atoms with E-state index in [1.165, 1.54) is 6.26 Å². The molecule has 0 bridgehead atoms. The zero-order chi connectivity index (χ0) is 20.4. The molecule has 1 N–H and O–H groups in total. The van der Waals surface area contributed by atoms with Gasteiger partial charge in [-0.05, 0) is 43.0 Å². The number of benzene rings is 1. The Hall–Kier alpha value is -3.09. The number of para-hydroxylation sites is 1. The summed E-state index contributed by atoms with van der Waals surface area (Å²) in [6.45, 7) is 3.74. The van der Waals surface area contributed by atoms with E-state index in [4.69, 9.17) is 4.42 Å². The molecule has 0 unspecified atom stereocenters. The van der Waals surface area contributed by atoms with Crippen molar-refractivity contribution in [1.82, 2.24) is 9.80 Å². The van der Waals surface area contributed by atoms with Crippen LogP contribution < -0.4 is 5.32 Å². The quantitative estimate of drug-likeness (QED) is 0.789. The van der Waals surface area contributed by atoms with E-state index >= 15 is 0 Å². The van der Waals surface area contributed by atoms with Crippen molar-refractivity contribution in [3.8, 4) is 0 Å². The monoisotopic (exact) mass is 395 g/mol. The van der Waals surface area contributed by atoms with Crippen LogP contribution in [0.3, 0.4) is 0 Å². The lowest BCUT2D eigenvalue weighted by Crippen LogP contribution is -2.53. The maximum Gasteiger partial charge on any atom is 0.289 e. The summed E-state index contributed by atoms with van der Waals surface area (Å²) in [6, 6.07) is 11.0. The van der Waals surface area contributed by atoms with Gasteiger partial charge in [-0.3, -0.25) is 14.4 Å². The van der Waals surface area contributed by atoms with Gasteiger partial charge in [0.25, 0.3) is 5.91 Å². The van der Waals surface area contributed by atoms with Crippen molar-refractivity contribution in [3.63, 3.8) is 0 Å². The normalized spacial score (nSPS) is 17.7. The highest BCUT2D eigenvalue weighted by Gasteiger charge is 2.58. The molecule has 1 aromatic carbocycles. The van der Waals surface area contributed by atoms with E-state index in [-0.39, 0.29) is 17.7 Å². The maximum absolute atomic E-state index is 13.1. The fraction of sp³-hybridized carbons (Fsp3) is 0.409. The summed E-state index contributed by atoms with van der Waals surface area (Å²) in [7, 11) is 0. The second-order valence-electron chi connectivity index (χ2n) is 7.61. The number of hydrogen-bond acceptors (Lipinski definition) is 4. The molecule has 7 nitrogen and oxygen atoms in total. The van der Waals surface area contributed by atoms with Gasteiger partial charge in [0.1, 0.15) is 5.41 Å². The minimum Gasteiger partial charge on any atom is -0.459 e. The first kappa shape index (κ1) is 19.2. The van der Waals surface area contributed by atoms with Crippen LogP contribution in [0.4, 0.5) is 5.69 Å². The summed E-state index contributed by atoms with van der Waals surface area (Å²) in [6.07, 6.45) is 3.41. The van der Waals surface area contributed by atoms with Gasteiger partial charge >= 0.3 is 0 Å². The van der Waals surface area contributed by atoms with Crippen LogP contribution in [-0.2, 0) is 16.0 Å². The lowest BCUT2D eigenvalue weighted by molar-refractivity contribution is -0.143. The van der Waals surface area contributed by atoms with Crippen molar-refractivity contribution in [2.75, 3.05) is 31.5 Å². The van der Waals surface area contributed by atoms with Crippen LogP contribution in [0, 0.1) is 5.41 Å². The Labute approximate surface area is 169 Å². The third kappa shape index (κ3) is 3.64. The van der Waals surface area contributed by atoms with Crippen molar-refractivity contribution in [2.24, 2.45) is 5.41 Å². The Morgan fingerprint density at radius 3 is 2.31 bits per heavy atom. The van der Waals surface area contributed by atoms with Crippen LogP contribution >= 0.6 is 0 Å². The Kier molecular flexibility index (Phi) is 5.13. The number of amides is 3. The summed E-state index contributed by atoms with van der Waals surface area (Å²) < 4.78 is 5.17. The molecule has 0 atom stereocenters. The third-order valence-electron chi connectivity index (χ3n) is 5.83. The lowest BCUT2D eigenvalue weighted by Gasteiger charge is -2.36. The van der Waals surface area contributed by atoms with Gasteiger partial charge in [0.15, 0.2) is 5.76 Å². The number of furan rings is 1. The molecule has 0 radical (unpaired) electrons. The number of nitrogens with one attached hydrogen (secondary N) is 1. The van der Waals surface area contributed by atoms with Crippen LogP contribution in [0.2, 0.25) is 0 Å². The summed E-state index contributed by atoms with van der Waals surface area (Å²) in [5.41, 5.74) is 0.857. The zero-order valence-electron chi connectivity index (χ0n) is 16.5. The van der Waals surface area contributed by atoms with E-state index in [0.29, 0.717) is 44.8 Å². The van der Waals surface area contributed by atoms with Gasteiger partial charge in [-0.2, -0.15) is 0 Å². The fourth-order valence-corrected chi connectivity index (χ4v) is 3.83. The van der Waals surface area contributed by atoms with Gasteiger partial charge in [0, 0.05) is 31.9 Å². The molecule has 152 valence electrons. The van der Waals surface area contributed by atoms with Crippen LogP contribution in [0.5, 0.6) is 0 Å². The fourth-order valence-electron chi connectivity index (χ4n) is 3.83. The van der Waals surface area contributed by atoms with E-state index in [0.717, 1.165) is 17.7 Å². The minimum atomic E-state index is -0.964. The number of anilines is 1. The summed E-state index contributed by atoms with van der Waals surface area (Å²) in [4.78, 5) is 41.8. The number of aryl methyl sites for hydroxylation is 1. The Balaban J connectivity index is 1.38. The SMILES string of the molecule is CCc1ccccc1NC(=O)C1(C(=O)N2CCN(C(=O)c3ccco3)CC2)CC1. The molecule has 2 aromatic rings. The molecular weight excluding hydrogens is 370 g/mol. The third-order valence-corrected chi connectivity index (χ3v) is 5.83. The van der Waals surface area contributed by atoms with Crippen molar-refractivity contribution >= 4 is 23.4 Å². The van der Waals surface area contributed by atoms with Gasteiger partial charge in [0.2, 0.25) is 11.8 Å². The molecule has 2 aliphatic rings. The predicted octanol–water partition coefficient (Wildman–Crippen LogP) is 2.55. The number of hydrogen-bond donors (Lipinski definition) is 1. The predicted molar refractivity (Wildman–Crippen MR) is 107 cm³/mol. The lowest BCUT2D eigenvalue weighted by atomic mass is 10.0. The molecule has 2 fully saturated rings. The van der Waals surface area contributed by atoms with Crippen LogP contribution in [0.25, 0.3) is 0 Å². The first-order valence-electron chi connectivity index (χ1n) is 10.1. The Bertz CT molecular complexity index is 910. The molecule has 2 heterocycles. The number of nitrogens with zero attached hydrogens (tertiary/aromatic N) is 2. The number of piperazine rings is 1. The molecule has 1 aliphatic carbocycles. The van der Waals surface area contributed by atoms with Crippen LogP contribution in [0.1, 0.15) is 35.9 Å². The van der Waals surface area contributed by atoms with E-state index in [9.17, 15) is 14.4 Å². The molecule has 29 heavy (non-hydrogen) atoms. The van der Waals surface area contributed by atoms with Gasteiger partial charge in [0.05, 0.1) is 6.26 Å². The molecule has 1 aromatic heterocycles. The molecule has 3 amide bonds. The highest BCUT2D eigenvalue weighted by molar-refractivity contribution is 6.13.